The highest BCUT2D eigenvalue weighted by atomic mass is 127. The van der Waals surface area contributed by atoms with E-state index >= 15 is 0 Å². The molecule has 0 radical (unpaired) electrons. The van der Waals surface area contributed by atoms with E-state index in [1.807, 2.05) is 18.2 Å². The van der Waals surface area contributed by atoms with Crippen molar-refractivity contribution in [1.82, 2.24) is 20.5 Å². The molecular formula is C20H30IN5S. The van der Waals surface area contributed by atoms with Crippen LogP contribution in [0.1, 0.15) is 32.4 Å². The second-order valence-corrected chi connectivity index (χ2v) is 7.37. The molecule has 1 fully saturated rings. The van der Waals surface area contributed by atoms with Gasteiger partial charge >= 0.3 is 0 Å². The Hall–Kier alpha value is -1.19. The first-order valence-electron chi connectivity index (χ1n) is 9.56. The lowest BCUT2D eigenvalue weighted by Gasteiger charge is -2.23. The predicted octanol–water partition coefficient (Wildman–Crippen LogP) is 3.97. The quantitative estimate of drug-likeness (QED) is 0.344. The number of aromatic nitrogens is 1. The van der Waals surface area contributed by atoms with Gasteiger partial charge in [-0.25, -0.2) is 9.98 Å². The first kappa shape index (κ1) is 22.1. The molecule has 7 heteroatoms. The van der Waals surface area contributed by atoms with Gasteiger partial charge in [-0.1, -0.05) is 37.3 Å². The molecule has 0 aliphatic carbocycles. The molecule has 0 saturated carbocycles. The number of likely N-dealkylation sites (N-methyl/N-ethyl adjacent to an activating group) is 1. The fraction of sp³-hybridized carbons (Fsp3) is 0.500. The summed E-state index contributed by atoms with van der Waals surface area (Å²) in [6.07, 6.45) is 2.57. The maximum absolute atomic E-state index is 4.72. The largest absolute Gasteiger partial charge is 0.357 e. The Bertz CT molecular complexity index is 703. The Labute approximate surface area is 183 Å². The molecule has 1 saturated heterocycles. The second-order valence-electron chi connectivity index (χ2n) is 6.51. The molecule has 1 aliphatic heterocycles. The molecule has 1 aromatic carbocycles. The van der Waals surface area contributed by atoms with Crippen molar-refractivity contribution in [1.29, 1.82) is 0 Å². The van der Waals surface area contributed by atoms with Crippen molar-refractivity contribution < 1.29 is 0 Å². The summed E-state index contributed by atoms with van der Waals surface area (Å²) in [6, 6.07) is 10.9. The van der Waals surface area contributed by atoms with E-state index in [0.29, 0.717) is 12.6 Å². The average Bonchev–Trinajstić information content (AvgIpc) is 3.34. The van der Waals surface area contributed by atoms with Gasteiger partial charge in [0.2, 0.25) is 0 Å². The van der Waals surface area contributed by atoms with Gasteiger partial charge in [0.1, 0.15) is 5.01 Å². The Balaban J connectivity index is 0.00000261. The summed E-state index contributed by atoms with van der Waals surface area (Å²) in [5.41, 5.74) is 2.18. The predicted molar refractivity (Wildman–Crippen MR) is 126 cm³/mol. The molecule has 2 N–H and O–H groups in total. The lowest BCUT2D eigenvalue weighted by Crippen LogP contribution is -2.44. The number of nitrogens with one attached hydrogen (secondary N) is 2. The Morgan fingerprint density at radius 2 is 2.07 bits per heavy atom. The van der Waals surface area contributed by atoms with E-state index in [2.05, 4.69) is 46.9 Å². The summed E-state index contributed by atoms with van der Waals surface area (Å²) in [5.74, 6) is 0.879. The third-order valence-electron chi connectivity index (χ3n) is 4.73. The molecule has 1 unspecified atom stereocenters. The average molecular weight is 499 g/mol. The third kappa shape index (κ3) is 6.43. The molecule has 0 bridgehead atoms. The van der Waals surface area contributed by atoms with E-state index in [4.69, 9.17) is 9.98 Å². The SMILES string of the molecule is CCNC(=NCc1csc(-c2ccccc2)n1)NCC1CCCN1CC.I. The molecule has 2 heterocycles. The number of hydrogen-bond acceptors (Lipinski definition) is 4. The maximum atomic E-state index is 4.72. The van der Waals surface area contributed by atoms with Crippen LogP contribution in [0, 0.1) is 0 Å². The minimum atomic E-state index is 0. The van der Waals surface area contributed by atoms with E-state index in [0.717, 1.165) is 36.3 Å². The minimum absolute atomic E-state index is 0. The third-order valence-corrected chi connectivity index (χ3v) is 5.67. The molecule has 27 heavy (non-hydrogen) atoms. The van der Waals surface area contributed by atoms with Crippen molar-refractivity contribution in [3.63, 3.8) is 0 Å². The highest BCUT2D eigenvalue weighted by Crippen LogP contribution is 2.23. The molecule has 1 aliphatic rings. The van der Waals surface area contributed by atoms with Crippen LogP contribution in [0.4, 0.5) is 0 Å². The Kier molecular flexibility index (Phi) is 9.50. The summed E-state index contributed by atoms with van der Waals surface area (Å²) in [4.78, 5) is 12.0. The monoisotopic (exact) mass is 499 g/mol. The number of rotatable bonds is 7. The van der Waals surface area contributed by atoms with Gasteiger partial charge in [0.25, 0.3) is 0 Å². The zero-order chi connectivity index (χ0) is 18.2. The summed E-state index contributed by atoms with van der Waals surface area (Å²) < 4.78 is 0. The number of hydrogen-bond donors (Lipinski definition) is 2. The number of halogens is 1. The van der Waals surface area contributed by atoms with Gasteiger partial charge in [-0.2, -0.15) is 0 Å². The zero-order valence-electron chi connectivity index (χ0n) is 16.1. The fourth-order valence-corrected chi connectivity index (χ4v) is 4.17. The highest BCUT2D eigenvalue weighted by Gasteiger charge is 2.22. The molecular weight excluding hydrogens is 469 g/mol. The van der Waals surface area contributed by atoms with Crippen molar-refractivity contribution in [2.75, 3.05) is 26.2 Å². The first-order valence-corrected chi connectivity index (χ1v) is 10.4. The Morgan fingerprint density at radius 3 is 2.81 bits per heavy atom. The lowest BCUT2D eigenvalue weighted by atomic mass is 10.2. The van der Waals surface area contributed by atoms with Crippen LogP contribution in [0.3, 0.4) is 0 Å². The van der Waals surface area contributed by atoms with E-state index < -0.39 is 0 Å². The molecule has 3 rings (SSSR count). The molecule has 1 aromatic heterocycles. The summed E-state index contributed by atoms with van der Waals surface area (Å²) >= 11 is 1.68. The number of thiazole rings is 1. The highest BCUT2D eigenvalue weighted by molar-refractivity contribution is 14.0. The summed E-state index contributed by atoms with van der Waals surface area (Å²) in [5, 5.41) is 10.0. The van der Waals surface area contributed by atoms with Gasteiger partial charge < -0.3 is 10.6 Å². The van der Waals surface area contributed by atoms with Crippen molar-refractivity contribution in [3.8, 4) is 10.6 Å². The minimum Gasteiger partial charge on any atom is -0.357 e. The number of likely N-dealkylation sites (tertiary alicyclic amines) is 1. The molecule has 0 spiro atoms. The van der Waals surface area contributed by atoms with Gasteiger partial charge in [-0.3, -0.25) is 4.90 Å². The zero-order valence-corrected chi connectivity index (χ0v) is 19.3. The number of benzene rings is 1. The van der Waals surface area contributed by atoms with Crippen molar-refractivity contribution >= 4 is 41.3 Å². The van der Waals surface area contributed by atoms with E-state index in [1.54, 1.807) is 11.3 Å². The van der Waals surface area contributed by atoms with Gasteiger partial charge in [0.15, 0.2) is 5.96 Å². The number of nitrogens with zero attached hydrogens (tertiary/aromatic N) is 3. The van der Waals surface area contributed by atoms with E-state index in [1.165, 1.54) is 24.9 Å². The molecule has 148 valence electrons. The lowest BCUT2D eigenvalue weighted by molar-refractivity contribution is 0.267. The Morgan fingerprint density at radius 1 is 1.26 bits per heavy atom. The van der Waals surface area contributed by atoms with E-state index in [9.17, 15) is 0 Å². The van der Waals surface area contributed by atoms with Gasteiger partial charge in [-0.15, -0.1) is 35.3 Å². The standard InChI is InChI=1S/C20H29N5S.HI/c1-3-21-20(23-14-18-11-8-12-25(18)4-2)22-13-17-15-26-19(24-17)16-9-6-5-7-10-16;/h5-7,9-10,15,18H,3-4,8,11-14H2,1-2H3,(H2,21,22,23);1H. The first-order chi connectivity index (χ1) is 12.8. The van der Waals surface area contributed by atoms with Crippen molar-refractivity contribution in [3.05, 3.63) is 41.4 Å². The molecule has 1 atom stereocenters. The molecule has 5 nitrogen and oxygen atoms in total. The van der Waals surface area contributed by atoms with Crippen molar-refractivity contribution in [2.45, 2.75) is 39.3 Å². The number of aliphatic imine (C=N–C) groups is 1. The topological polar surface area (TPSA) is 52.6 Å². The number of guanidine groups is 1. The molecule has 0 amide bonds. The van der Waals surface area contributed by atoms with E-state index in [-0.39, 0.29) is 24.0 Å². The normalized spacial score (nSPS) is 17.6. The van der Waals surface area contributed by atoms with Crippen LogP contribution in [-0.4, -0.2) is 48.1 Å². The van der Waals surface area contributed by atoms with Crippen LogP contribution < -0.4 is 10.6 Å². The van der Waals surface area contributed by atoms with Crippen LogP contribution in [0.25, 0.3) is 10.6 Å². The van der Waals surface area contributed by atoms with Crippen LogP contribution in [-0.2, 0) is 6.54 Å². The summed E-state index contributed by atoms with van der Waals surface area (Å²) in [6.45, 7) is 9.09. The molecule has 2 aromatic rings. The second kappa shape index (κ2) is 11.6. The summed E-state index contributed by atoms with van der Waals surface area (Å²) in [7, 11) is 0. The van der Waals surface area contributed by atoms with Gasteiger partial charge in [0, 0.05) is 30.1 Å². The fourth-order valence-electron chi connectivity index (χ4n) is 3.35. The van der Waals surface area contributed by atoms with Crippen molar-refractivity contribution in [2.24, 2.45) is 4.99 Å². The van der Waals surface area contributed by atoms with Gasteiger partial charge in [-0.05, 0) is 32.9 Å². The van der Waals surface area contributed by atoms with Crippen LogP contribution in [0.15, 0.2) is 40.7 Å². The van der Waals surface area contributed by atoms with Crippen LogP contribution in [0.5, 0.6) is 0 Å². The maximum Gasteiger partial charge on any atom is 0.191 e. The van der Waals surface area contributed by atoms with Gasteiger partial charge in [0.05, 0.1) is 12.2 Å². The van der Waals surface area contributed by atoms with Crippen LogP contribution >= 0.6 is 35.3 Å². The van der Waals surface area contributed by atoms with Crippen LogP contribution in [0.2, 0.25) is 0 Å². The smallest absolute Gasteiger partial charge is 0.191 e.